The maximum atomic E-state index is 13.8. The molecule has 0 aromatic heterocycles. The minimum atomic E-state index is -0.566. The maximum absolute atomic E-state index is 13.8. The molecule has 0 aliphatic heterocycles. The number of benzene rings is 1. The Morgan fingerprint density at radius 1 is 0.750 bits per heavy atom. The smallest absolute Gasteiger partial charge is 0.315 e. The van der Waals surface area contributed by atoms with E-state index in [1.807, 2.05) is 0 Å². The van der Waals surface area contributed by atoms with Crippen molar-refractivity contribution in [2.24, 2.45) is 0 Å². The van der Waals surface area contributed by atoms with Gasteiger partial charge in [-0.25, -0.2) is 13.6 Å². The minimum absolute atomic E-state index is 0.0100. The van der Waals surface area contributed by atoms with Crippen LogP contribution in [0.1, 0.15) is 102 Å². The fourth-order valence-corrected chi connectivity index (χ4v) is 4.97. The second kappa shape index (κ2) is 13.8. The lowest BCUT2D eigenvalue weighted by atomic mass is 9.93. The highest BCUT2D eigenvalue weighted by Gasteiger charge is 2.24. The van der Waals surface area contributed by atoms with Crippen LogP contribution in [0.25, 0.3) is 0 Å². The van der Waals surface area contributed by atoms with Crippen LogP contribution < -0.4 is 10.6 Å². The van der Waals surface area contributed by atoms with Gasteiger partial charge in [0.15, 0.2) is 0 Å². The number of halogens is 2. The highest BCUT2D eigenvalue weighted by molar-refractivity contribution is 5.74. The highest BCUT2D eigenvalue weighted by Crippen LogP contribution is 2.24. The van der Waals surface area contributed by atoms with Gasteiger partial charge in [-0.3, -0.25) is 0 Å². The fourth-order valence-electron chi connectivity index (χ4n) is 4.97. The summed E-state index contributed by atoms with van der Waals surface area (Å²) in [5.74, 6) is -1.13. The SMILES string of the molecule is O=C(NC1CCCCCCCCCCC1)NC1CCC(OCc2c(F)cccc2F)CC1. The Hall–Kier alpha value is -1.69. The molecule has 1 aromatic carbocycles. The quantitative estimate of drug-likeness (QED) is 0.520. The van der Waals surface area contributed by atoms with Gasteiger partial charge in [0.2, 0.25) is 0 Å². The number of carbonyl (C=O) groups is 1. The van der Waals surface area contributed by atoms with Gasteiger partial charge >= 0.3 is 6.03 Å². The standard InChI is InChI=1S/C26H40F2N2O2/c27-24-13-10-14-25(28)23(24)19-32-22-17-15-21(16-18-22)30-26(31)29-20-11-8-6-4-2-1-3-5-7-9-12-20/h10,13-14,20-22H,1-9,11-12,15-19H2,(H2,29,30,31). The van der Waals surface area contributed by atoms with Gasteiger partial charge in [-0.15, -0.1) is 0 Å². The molecule has 0 saturated heterocycles. The van der Waals surface area contributed by atoms with Crippen LogP contribution in [0.15, 0.2) is 18.2 Å². The lowest BCUT2D eigenvalue weighted by Crippen LogP contribution is -2.47. The Labute approximate surface area is 191 Å². The number of carbonyl (C=O) groups excluding carboxylic acids is 1. The molecule has 0 atom stereocenters. The molecule has 2 fully saturated rings. The predicted molar refractivity (Wildman–Crippen MR) is 123 cm³/mol. The minimum Gasteiger partial charge on any atom is -0.373 e. The van der Waals surface area contributed by atoms with E-state index >= 15 is 0 Å². The lowest BCUT2D eigenvalue weighted by Gasteiger charge is -2.30. The maximum Gasteiger partial charge on any atom is 0.315 e. The van der Waals surface area contributed by atoms with Gasteiger partial charge in [-0.1, -0.05) is 63.9 Å². The van der Waals surface area contributed by atoms with Gasteiger partial charge in [0.05, 0.1) is 12.7 Å². The van der Waals surface area contributed by atoms with Gasteiger partial charge in [0, 0.05) is 17.6 Å². The summed E-state index contributed by atoms with van der Waals surface area (Å²) in [4.78, 5) is 12.6. The first-order valence-electron chi connectivity index (χ1n) is 12.7. The number of rotatable bonds is 5. The van der Waals surface area contributed by atoms with Crippen molar-refractivity contribution < 1.29 is 18.3 Å². The predicted octanol–water partition coefficient (Wildman–Crippen LogP) is 6.77. The molecule has 0 heterocycles. The average molecular weight is 451 g/mol. The van der Waals surface area contributed by atoms with Crippen molar-refractivity contribution >= 4 is 6.03 Å². The first kappa shape index (κ1) is 24.9. The monoisotopic (exact) mass is 450 g/mol. The topological polar surface area (TPSA) is 50.4 Å². The molecule has 180 valence electrons. The Morgan fingerprint density at radius 2 is 1.22 bits per heavy atom. The third-order valence-electron chi connectivity index (χ3n) is 6.97. The van der Waals surface area contributed by atoms with Gasteiger partial charge in [0.1, 0.15) is 11.6 Å². The van der Waals surface area contributed by atoms with E-state index in [0.717, 1.165) is 38.5 Å². The molecule has 2 N–H and O–H groups in total. The van der Waals surface area contributed by atoms with Gasteiger partial charge in [-0.05, 0) is 50.7 Å². The zero-order chi connectivity index (χ0) is 22.6. The molecule has 0 radical (unpaired) electrons. The molecule has 0 unspecified atom stereocenters. The summed E-state index contributed by atoms with van der Waals surface area (Å²) in [5, 5.41) is 6.36. The normalized spacial score (nSPS) is 24.2. The summed E-state index contributed by atoms with van der Waals surface area (Å²) in [6.07, 6.45) is 16.9. The van der Waals surface area contributed by atoms with Crippen LogP contribution in [-0.2, 0) is 11.3 Å². The van der Waals surface area contributed by atoms with Crippen LogP contribution in [-0.4, -0.2) is 24.2 Å². The van der Waals surface area contributed by atoms with Crippen molar-refractivity contribution in [2.75, 3.05) is 0 Å². The van der Waals surface area contributed by atoms with E-state index < -0.39 is 11.6 Å². The molecule has 1 aromatic rings. The van der Waals surface area contributed by atoms with Gasteiger partial charge in [0.25, 0.3) is 0 Å². The van der Waals surface area contributed by atoms with E-state index in [9.17, 15) is 13.6 Å². The zero-order valence-electron chi connectivity index (χ0n) is 19.4. The van der Waals surface area contributed by atoms with Crippen molar-refractivity contribution in [3.05, 3.63) is 35.4 Å². The van der Waals surface area contributed by atoms with E-state index in [1.165, 1.54) is 76.0 Å². The van der Waals surface area contributed by atoms with Crippen molar-refractivity contribution in [1.29, 1.82) is 0 Å². The van der Waals surface area contributed by atoms with E-state index in [0.29, 0.717) is 0 Å². The van der Waals surface area contributed by atoms with Crippen molar-refractivity contribution in [2.45, 2.75) is 121 Å². The number of amides is 2. The van der Waals surface area contributed by atoms with Gasteiger partial charge in [-0.2, -0.15) is 0 Å². The molecule has 2 saturated carbocycles. The third kappa shape index (κ3) is 8.68. The van der Waals surface area contributed by atoms with Crippen LogP contribution in [0.2, 0.25) is 0 Å². The summed E-state index contributed by atoms with van der Waals surface area (Å²) in [6, 6.07) is 4.21. The summed E-state index contributed by atoms with van der Waals surface area (Å²) in [7, 11) is 0. The van der Waals surface area contributed by atoms with E-state index in [4.69, 9.17) is 4.74 Å². The molecule has 2 aliphatic rings. The van der Waals surface area contributed by atoms with Crippen molar-refractivity contribution in [3.63, 3.8) is 0 Å². The molecule has 32 heavy (non-hydrogen) atoms. The number of hydrogen-bond donors (Lipinski definition) is 2. The number of ether oxygens (including phenoxy) is 1. The molecular formula is C26H40F2N2O2. The summed E-state index contributed by atoms with van der Waals surface area (Å²) in [5.41, 5.74) is -0.0100. The average Bonchev–Trinajstić information content (AvgIpc) is 2.76. The van der Waals surface area contributed by atoms with E-state index in [-0.39, 0.29) is 36.4 Å². The first-order valence-corrected chi connectivity index (χ1v) is 12.7. The molecule has 4 nitrogen and oxygen atoms in total. The molecule has 2 aliphatic carbocycles. The largest absolute Gasteiger partial charge is 0.373 e. The summed E-state index contributed by atoms with van der Waals surface area (Å²) < 4.78 is 33.3. The molecule has 0 bridgehead atoms. The van der Waals surface area contributed by atoms with Crippen LogP contribution in [0.5, 0.6) is 0 Å². The Balaban J connectivity index is 1.35. The van der Waals surface area contributed by atoms with Crippen molar-refractivity contribution in [3.8, 4) is 0 Å². The molecule has 3 rings (SSSR count). The second-order valence-corrected chi connectivity index (χ2v) is 9.56. The van der Waals surface area contributed by atoms with Crippen LogP contribution in [0.4, 0.5) is 13.6 Å². The van der Waals surface area contributed by atoms with Crippen LogP contribution >= 0.6 is 0 Å². The molecular weight excluding hydrogens is 410 g/mol. The molecule has 2 amide bonds. The highest BCUT2D eigenvalue weighted by atomic mass is 19.1. The van der Waals surface area contributed by atoms with Crippen LogP contribution in [0.3, 0.4) is 0 Å². The Bertz CT molecular complexity index is 660. The van der Waals surface area contributed by atoms with E-state index in [1.54, 1.807) is 0 Å². The zero-order valence-corrected chi connectivity index (χ0v) is 19.4. The second-order valence-electron chi connectivity index (χ2n) is 9.56. The number of hydrogen-bond acceptors (Lipinski definition) is 2. The summed E-state index contributed by atoms with van der Waals surface area (Å²) >= 11 is 0. The molecule has 6 heteroatoms. The Kier molecular flexibility index (Phi) is 10.7. The van der Waals surface area contributed by atoms with Crippen molar-refractivity contribution in [1.82, 2.24) is 10.6 Å². The van der Waals surface area contributed by atoms with E-state index in [2.05, 4.69) is 10.6 Å². The van der Waals surface area contributed by atoms with Gasteiger partial charge < -0.3 is 15.4 Å². The number of nitrogens with one attached hydrogen (secondary N) is 2. The first-order chi connectivity index (χ1) is 15.6. The third-order valence-corrected chi connectivity index (χ3v) is 6.97. The number of urea groups is 1. The fraction of sp³-hybridized carbons (Fsp3) is 0.731. The van der Waals surface area contributed by atoms with Crippen LogP contribution in [0, 0.1) is 11.6 Å². The molecule has 0 spiro atoms. The summed E-state index contributed by atoms with van der Waals surface area (Å²) in [6.45, 7) is -0.0521. The lowest BCUT2D eigenvalue weighted by molar-refractivity contribution is 0.00950. The Morgan fingerprint density at radius 3 is 1.75 bits per heavy atom.